The van der Waals surface area contributed by atoms with Gasteiger partial charge in [0.25, 0.3) is 0 Å². The zero-order valence-electron chi connectivity index (χ0n) is 13.5. The first-order valence-corrected chi connectivity index (χ1v) is 8.79. The lowest BCUT2D eigenvalue weighted by molar-refractivity contribution is -0.131. The summed E-state index contributed by atoms with van der Waals surface area (Å²) in [6, 6.07) is 1.93. The summed E-state index contributed by atoms with van der Waals surface area (Å²) in [6.45, 7) is 5.63. The van der Waals surface area contributed by atoms with Crippen LogP contribution in [0.4, 0.5) is 11.1 Å². The highest BCUT2D eigenvalue weighted by Gasteiger charge is 2.18. The molecule has 0 unspecified atom stereocenters. The fourth-order valence-corrected chi connectivity index (χ4v) is 3.44. The Hall–Kier alpha value is -2.02. The van der Waals surface area contributed by atoms with E-state index in [0.717, 1.165) is 48.1 Å². The number of carbonyl (C=O) groups excluding carboxylic acids is 1. The average Bonchev–Trinajstić information content (AvgIpc) is 2.94. The lowest BCUT2D eigenvalue weighted by Gasteiger charge is -2.26. The summed E-state index contributed by atoms with van der Waals surface area (Å²) in [7, 11) is 0. The molecule has 0 spiro atoms. The molecule has 0 aromatic carbocycles. The first-order valence-electron chi connectivity index (χ1n) is 7.91. The van der Waals surface area contributed by atoms with E-state index < -0.39 is 0 Å². The molecule has 1 fully saturated rings. The number of aryl methyl sites for hydroxylation is 2. The van der Waals surface area contributed by atoms with E-state index in [4.69, 9.17) is 0 Å². The first-order chi connectivity index (χ1) is 11.1. The molecule has 0 atom stereocenters. The molecule has 2 aromatic heterocycles. The Kier molecular flexibility index (Phi) is 4.85. The minimum Gasteiger partial charge on any atom is -0.342 e. The van der Waals surface area contributed by atoms with E-state index in [9.17, 15) is 4.79 Å². The Bertz CT molecular complexity index is 673. The van der Waals surface area contributed by atoms with Crippen LogP contribution in [0.3, 0.4) is 0 Å². The SMILES string of the molecule is Cc1cc(C)nc(Nc2nc(CC(=O)N3CCCCC3)cs2)n1. The van der Waals surface area contributed by atoms with Crippen LogP contribution < -0.4 is 5.32 Å². The molecule has 1 amide bonds. The number of nitrogens with zero attached hydrogens (tertiary/aromatic N) is 4. The van der Waals surface area contributed by atoms with Crippen molar-refractivity contribution < 1.29 is 4.79 Å². The van der Waals surface area contributed by atoms with Gasteiger partial charge in [-0.3, -0.25) is 4.79 Å². The second kappa shape index (κ2) is 7.04. The van der Waals surface area contributed by atoms with Gasteiger partial charge in [0.05, 0.1) is 12.1 Å². The van der Waals surface area contributed by atoms with Crippen LogP contribution in [0, 0.1) is 13.8 Å². The molecule has 1 N–H and O–H groups in total. The Morgan fingerprint density at radius 1 is 1.17 bits per heavy atom. The molecule has 0 radical (unpaired) electrons. The van der Waals surface area contributed by atoms with Crippen molar-refractivity contribution in [1.82, 2.24) is 19.9 Å². The van der Waals surface area contributed by atoms with Crippen molar-refractivity contribution in [3.05, 3.63) is 28.5 Å². The van der Waals surface area contributed by atoms with Crippen molar-refractivity contribution in [3.8, 4) is 0 Å². The van der Waals surface area contributed by atoms with Crippen LogP contribution in [-0.4, -0.2) is 38.8 Å². The summed E-state index contributed by atoms with van der Waals surface area (Å²) in [5, 5.41) is 5.76. The number of anilines is 2. The third-order valence-corrected chi connectivity index (χ3v) is 4.60. The van der Waals surface area contributed by atoms with Gasteiger partial charge in [-0.25, -0.2) is 15.0 Å². The third-order valence-electron chi connectivity index (χ3n) is 3.79. The van der Waals surface area contributed by atoms with Gasteiger partial charge in [0.15, 0.2) is 5.13 Å². The van der Waals surface area contributed by atoms with Gasteiger partial charge in [-0.05, 0) is 39.2 Å². The number of aromatic nitrogens is 3. The van der Waals surface area contributed by atoms with Crippen LogP contribution in [0.25, 0.3) is 0 Å². The lowest BCUT2D eigenvalue weighted by Crippen LogP contribution is -2.36. The molecule has 2 aromatic rings. The van der Waals surface area contributed by atoms with Crippen LogP contribution in [-0.2, 0) is 11.2 Å². The molecule has 23 heavy (non-hydrogen) atoms. The molecule has 1 aliphatic rings. The van der Waals surface area contributed by atoms with Crippen LogP contribution in [0.15, 0.2) is 11.4 Å². The topological polar surface area (TPSA) is 71.0 Å². The van der Waals surface area contributed by atoms with Gasteiger partial charge in [0, 0.05) is 29.9 Å². The zero-order valence-corrected chi connectivity index (χ0v) is 14.3. The largest absolute Gasteiger partial charge is 0.342 e. The number of piperidine rings is 1. The van der Waals surface area contributed by atoms with Crippen molar-refractivity contribution in [3.63, 3.8) is 0 Å². The second-order valence-corrected chi connectivity index (χ2v) is 6.72. The standard InChI is InChI=1S/C16H21N5OS/c1-11-8-12(2)18-15(17-11)20-16-19-13(10-23-16)9-14(22)21-6-4-3-5-7-21/h8,10H,3-7,9H2,1-2H3,(H,17,18,19,20). The molecule has 1 aliphatic heterocycles. The number of thiazole rings is 1. The predicted molar refractivity (Wildman–Crippen MR) is 91.0 cm³/mol. The third kappa shape index (κ3) is 4.25. The van der Waals surface area contributed by atoms with Crippen LogP contribution in [0.2, 0.25) is 0 Å². The normalized spacial score (nSPS) is 14.8. The van der Waals surface area contributed by atoms with Gasteiger partial charge in [0.1, 0.15) is 0 Å². The van der Waals surface area contributed by atoms with Gasteiger partial charge in [-0.2, -0.15) is 0 Å². The number of amides is 1. The molecule has 3 rings (SSSR count). The van der Waals surface area contributed by atoms with E-state index in [0.29, 0.717) is 12.4 Å². The summed E-state index contributed by atoms with van der Waals surface area (Å²) < 4.78 is 0. The number of hydrogen-bond acceptors (Lipinski definition) is 6. The zero-order chi connectivity index (χ0) is 16.2. The maximum absolute atomic E-state index is 12.3. The van der Waals surface area contributed by atoms with E-state index in [1.165, 1.54) is 17.8 Å². The minimum atomic E-state index is 0.171. The monoisotopic (exact) mass is 331 g/mol. The molecule has 122 valence electrons. The highest BCUT2D eigenvalue weighted by molar-refractivity contribution is 7.13. The summed E-state index contributed by atoms with van der Waals surface area (Å²) in [5.74, 6) is 0.718. The summed E-state index contributed by atoms with van der Waals surface area (Å²) in [6.07, 6.45) is 3.82. The number of likely N-dealkylation sites (tertiary alicyclic amines) is 1. The summed E-state index contributed by atoms with van der Waals surface area (Å²) >= 11 is 1.47. The number of hydrogen-bond donors (Lipinski definition) is 1. The molecule has 0 saturated carbocycles. The van der Waals surface area contributed by atoms with E-state index >= 15 is 0 Å². The van der Waals surface area contributed by atoms with Gasteiger partial charge >= 0.3 is 0 Å². The fraction of sp³-hybridized carbons (Fsp3) is 0.500. The smallest absolute Gasteiger partial charge is 0.229 e. The maximum atomic E-state index is 12.3. The highest BCUT2D eigenvalue weighted by atomic mass is 32.1. The van der Waals surface area contributed by atoms with Crippen molar-refractivity contribution in [1.29, 1.82) is 0 Å². The second-order valence-electron chi connectivity index (χ2n) is 5.86. The van der Waals surface area contributed by atoms with E-state index in [1.807, 2.05) is 30.2 Å². The van der Waals surface area contributed by atoms with Crippen LogP contribution >= 0.6 is 11.3 Å². The van der Waals surface area contributed by atoms with Gasteiger partial charge < -0.3 is 10.2 Å². The van der Waals surface area contributed by atoms with E-state index in [2.05, 4.69) is 20.3 Å². The number of rotatable bonds is 4. The summed E-state index contributed by atoms with van der Waals surface area (Å²) in [4.78, 5) is 27.4. The summed E-state index contributed by atoms with van der Waals surface area (Å²) in [5.41, 5.74) is 2.63. The van der Waals surface area contributed by atoms with Crippen molar-refractivity contribution in [2.24, 2.45) is 0 Å². The fourth-order valence-electron chi connectivity index (χ4n) is 2.73. The minimum absolute atomic E-state index is 0.171. The van der Waals surface area contributed by atoms with Crippen LogP contribution in [0.5, 0.6) is 0 Å². The Balaban J connectivity index is 1.62. The van der Waals surface area contributed by atoms with Gasteiger partial charge in [-0.1, -0.05) is 0 Å². The molecule has 7 heteroatoms. The molecule has 1 saturated heterocycles. The molecule has 3 heterocycles. The lowest BCUT2D eigenvalue weighted by atomic mass is 10.1. The van der Waals surface area contributed by atoms with Gasteiger partial charge in [-0.15, -0.1) is 11.3 Å². The first kappa shape index (κ1) is 15.9. The highest BCUT2D eigenvalue weighted by Crippen LogP contribution is 2.20. The Labute approximate surface area is 140 Å². The van der Waals surface area contributed by atoms with E-state index in [-0.39, 0.29) is 5.91 Å². The number of carbonyl (C=O) groups is 1. The predicted octanol–water partition coefficient (Wildman–Crippen LogP) is 2.85. The Morgan fingerprint density at radius 2 is 1.87 bits per heavy atom. The quantitative estimate of drug-likeness (QED) is 0.933. The molecule has 6 nitrogen and oxygen atoms in total. The molecular weight excluding hydrogens is 310 g/mol. The van der Waals surface area contributed by atoms with Crippen molar-refractivity contribution >= 4 is 28.3 Å². The Morgan fingerprint density at radius 3 is 2.57 bits per heavy atom. The maximum Gasteiger partial charge on any atom is 0.229 e. The van der Waals surface area contributed by atoms with E-state index in [1.54, 1.807) is 0 Å². The number of nitrogens with one attached hydrogen (secondary N) is 1. The van der Waals surface area contributed by atoms with Gasteiger partial charge in [0.2, 0.25) is 11.9 Å². The molecule has 0 bridgehead atoms. The van der Waals surface area contributed by atoms with Crippen LogP contribution in [0.1, 0.15) is 36.3 Å². The van der Waals surface area contributed by atoms with Crippen molar-refractivity contribution in [2.75, 3.05) is 18.4 Å². The average molecular weight is 331 g/mol. The van der Waals surface area contributed by atoms with Crippen molar-refractivity contribution in [2.45, 2.75) is 39.5 Å². The molecule has 0 aliphatic carbocycles. The molecular formula is C16H21N5OS.